The Balaban J connectivity index is 1.81. The van der Waals surface area contributed by atoms with Crippen molar-refractivity contribution in [2.75, 3.05) is 0 Å². The van der Waals surface area contributed by atoms with E-state index in [-0.39, 0.29) is 5.56 Å². The van der Waals surface area contributed by atoms with Gasteiger partial charge in [-0.15, -0.1) is 0 Å². The van der Waals surface area contributed by atoms with Crippen LogP contribution in [0, 0.1) is 0 Å². The predicted octanol–water partition coefficient (Wildman–Crippen LogP) is 7.07. The van der Waals surface area contributed by atoms with Crippen molar-refractivity contribution >= 4 is 27.9 Å². The van der Waals surface area contributed by atoms with Crippen LogP contribution in [0.5, 0.6) is 0 Å². The van der Waals surface area contributed by atoms with Crippen molar-refractivity contribution < 1.29 is 19.4 Å². The second kappa shape index (κ2) is 7.94. The monoisotopic (exact) mass is 423 g/mol. The van der Waals surface area contributed by atoms with Crippen LogP contribution in [0.4, 0.5) is 0 Å². The van der Waals surface area contributed by atoms with E-state index in [0.717, 1.165) is 33.2 Å². The molecule has 0 bridgehead atoms. The molecule has 5 heteroatoms. The molecule has 0 spiro atoms. The summed E-state index contributed by atoms with van der Waals surface area (Å²) in [4.78, 5) is 21.1. The Bertz CT molecular complexity index is 1450. The van der Waals surface area contributed by atoms with Crippen molar-refractivity contribution in [1.82, 2.24) is 4.98 Å². The molecule has 0 saturated carbocycles. The summed E-state index contributed by atoms with van der Waals surface area (Å²) in [5.74, 6) is -0.501. The number of furan rings is 1. The number of pyridine rings is 1. The number of carbonyl (C=O) groups excluding carboxylic acids is 1. The number of benzene rings is 3. The van der Waals surface area contributed by atoms with Gasteiger partial charge in [-0.25, -0.2) is 4.79 Å². The topological polar surface area (TPSA) is 72.6 Å². The summed E-state index contributed by atoms with van der Waals surface area (Å²) < 4.78 is 6.23. The molecule has 0 aliphatic rings. The second-order valence-corrected chi connectivity index (χ2v) is 8.06. The molecule has 5 rings (SSSR count). The Morgan fingerprint density at radius 3 is 2.47 bits per heavy atom. The lowest BCUT2D eigenvalue weighted by Crippen LogP contribution is -2.02. The molecular weight excluding hydrogens is 402 g/mol. The van der Waals surface area contributed by atoms with Gasteiger partial charge in [0, 0.05) is 22.5 Å². The minimum absolute atomic E-state index is 0.162. The SMILES string of the molecule is CC(C)c1ccnc(-c2cccc3c2oc2c(C(=O)OO)cc(-c4ccccc4)cc23)c1. The van der Waals surface area contributed by atoms with Gasteiger partial charge in [-0.05, 0) is 52.9 Å². The van der Waals surface area contributed by atoms with Gasteiger partial charge in [0.05, 0.1) is 5.69 Å². The molecule has 0 fully saturated rings. The number of nitrogens with zero attached hydrogens (tertiary/aromatic N) is 1. The number of carbonyl (C=O) groups is 1. The predicted molar refractivity (Wildman–Crippen MR) is 125 cm³/mol. The van der Waals surface area contributed by atoms with Gasteiger partial charge in [0.1, 0.15) is 16.7 Å². The van der Waals surface area contributed by atoms with Gasteiger partial charge >= 0.3 is 5.97 Å². The van der Waals surface area contributed by atoms with E-state index in [0.29, 0.717) is 17.1 Å². The van der Waals surface area contributed by atoms with E-state index in [1.807, 2.05) is 60.7 Å². The van der Waals surface area contributed by atoms with E-state index in [1.54, 1.807) is 12.3 Å². The normalized spacial score (nSPS) is 11.4. The van der Waals surface area contributed by atoms with E-state index >= 15 is 0 Å². The van der Waals surface area contributed by atoms with E-state index < -0.39 is 5.97 Å². The molecule has 158 valence electrons. The Kier molecular flexibility index (Phi) is 4.96. The molecule has 32 heavy (non-hydrogen) atoms. The molecule has 0 unspecified atom stereocenters. The highest BCUT2D eigenvalue weighted by Gasteiger charge is 2.21. The van der Waals surface area contributed by atoms with E-state index in [2.05, 4.69) is 29.8 Å². The third kappa shape index (κ3) is 3.33. The number of hydrogen-bond acceptors (Lipinski definition) is 5. The molecule has 5 nitrogen and oxygen atoms in total. The van der Waals surface area contributed by atoms with Crippen LogP contribution in [-0.4, -0.2) is 16.2 Å². The quantitative estimate of drug-likeness (QED) is 0.247. The average molecular weight is 423 g/mol. The third-order valence-corrected chi connectivity index (χ3v) is 5.73. The first-order chi connectivity index (χ1) is 15.6. The molecule has 0 aliphatic heterocycles. The molecule has 0 aliphatic carbocycles. The first-order valence-corrected chi connectivity index (χ1v) is 10.4. The van der Waals surface area contributed by atoms with Gasteiger partial charge in [-0.2, -0.15) is 5.26 Å². The molecule has 5 aromatic rings. The summed E-state index contributed by atoms with van der Waals surface area (Å²) in [6.07, 6.45) is 1.80. The number of rotatable bonds is 4. The molecule has 0 radical (unpaired) electrons. The van der Waals surface area contributed by atoms with Crippen LogP contribution in [0.3, 0.4) is 0 Å². The van der Waals surface area contributed by atoms with Crippen molar-refractivity contribution in [3.63, 3.8) is 0 Å². The fourth-order valence-electron chi connectivity index (χ4n) is 4.05. The molecule has 2 heterocycles. The molecule has 3 aromatic carbocycles. The molecule has 0 atom stereocenters. The highest BCUT2D eigenvalue weighted by molar-refractivity contribution is 6.15. The average Bonchev–Trinajstić information content (AvgIpc) is 3.22. The summed E-state index contributed by atoms with van der Waals surface area (Å²) >= 11 is 0. The zero-order valence-corrected chi connectivity index (χ0v) is 17.7. The summed E-state index contributed by atoms with van der Waals surface area (Å²) in [6, 6.07) is 23.3. The van der Waals surface area contributed by atoms with Crippen LogP contribution in [-0.2, 0) is 4.89 Å². The zero-order valence-electron chi connectivity index (χ0n) is 17.7. The standard InChI is InChI=1S/C27H21NO4/c1-16(2)18-11-12-28-24(15-18)21-10-6-9-20-22-13-19(17-7-4-3-5-8-17)14-23(27(29)32-30)26(22)31-25(20)21/h3-16,30H,1-2H3. The molecular formula is C27H21NO4. The molecule has 0 saturated heterocycles. The van der Waals surface area contributed by atoms with E-state index in [9.17, 15) is 4.79 Å². The Labute approximate surface area is 184 Å². The summed E-state index contributed by atoms with van der Waals surface area (Å²) in [7, 11) is 0. The number of para-hydroxylation sites is 1. The second-order valence-electron chi connectivity index (χ2n) is 8.06. The van der Waals surface area contributed by atoms with Gasteiger partial charge in [-0.1, -0.05) is 56.3 Å². The van der Waals surface area contributed by atoms with Crippen LogP contribution in [0.1, 0.15) is 35.7 Å². The lowest BCUT2D eigenvalue weighted by Gasteiger charge is -2.07. The van der Waals surface area contributed by atoms with Crippen molar-refractivity contribution in [3.05, 3.63) is 90.1 Å². The summed E-state index contributed by atoms with van der Waals surface area (Å²) in [5, 5.41) is 10.7. The maximum absolute atomic E-state index is 12.4. The van der Waals surface area contributed by atoms with Crippen LogP contribution >= 0.6 is 0 Å². The van der Waals surface area contributed by atoms with Gasteiger partial charge in [-0.3, -0.25) is 9.87 Å². The zero-order chi connectivity index (χ0) is 22.2. The third-order valence-electron chi connectivity index (χ3n) is 5.73. The lowest BCUT2D eigenvalue weighted by molar-refractivity contribution is -0.182. The highest BCUT2D eigenvalue weighted by atomic mass is 17.1. The van der Waals surface area contributed by atoms with Gasteiger partial charge < -0.3 is 4.42 Å². The van der Waals surface area contributed by atoms with Gasteiger partial charge in [0.2, 0.25) is 0 Å². The Morgan fingerprint density at radius 1 is 0.906 bits per heavy atom. The van der Waals surface area contributed by atoms with Crippen LogP contribution in [0.25, 0.3) is 44.3 Å². The first-order valence-electron chi connectivity index (χ1n) is 10.4. The molecule has 2 aromatic heterocycles. The van der Waals surface area contributed by atoms with Crippen LogP contribution in [0.15, 0.2) is 83.4 Å². The number of hydrogen-bond donors (Lipinski definition) is 1. The Morgan fingerprint density at radius 2 is 1.72 bits per heavy atom. The minimum atomic E-state index is -0.867. The van der Waals surface area contributed by atoms with Crippen molar-refractivity contribution in [2.45, 2.75) is 19.8 Å². The maximum Gasteiger partial charge on any atom is 0.376 e. The van der Waals surface area contributed by atoms with Crippen LogP contribution < -0.4 is 0 Å². The molecule has 0 amide bonds. The minimum Gasteiger partial charge on any atom is -0.454 e. The van der Waals surface area contributed by atoms with Crippen molar-refractivity contribution in [1.29, 1.82) is 0 Å². The smallest absolute Gasteiger partial charge is 0.376 e. The van der Waals surface area contributed by atoms with E-state index in [1.165, 1.54) is 5.56 Å². The van der Waals surface area contributed by atoms with Gasteiger partial charge in [0.15, 0.2) is 0 Å². The highest BCUT2D eigenvalue weighted by Crippen LogP contribution is 2.39. The van der Waals surface area contributed by atoms with Crippen molar-refractivity contribution in [3.8, 4) is 22.4 Å². The fraction of sp³-hybridized carbons (Fsp3) is 0.111. The fourth-order valence-corrected chi connectivity index (χ4v) is 4.05. The van der Waals surface area contributed by atoms with Crippen molar-refractivity contribution in [2.24, 2.45) is 0 Å². The first kappa shape index (κ1) is 20.0. The van der Waals surface area contributed by atoms with Crippen LogP contribution in [0.2, 0.25) is 0 Å². The molecule has 1 N–H and O–H groups in total. The number of fused-ring (bicyclic) bond motifs is 3. The summed E-state index contributed by atoms with van der Waals surface area (Å²) in [5.41, 5.74) is 5.75. The largest absolute Gasteiger partial charge is 0.454 e. The Hall–Kier alpha value is -3.96. The summed E-state index contributed by atoms with van der Waals surface area (Å²) in [6.45, 7) is 4.28. The van der Waals surface area contributed by atoms with Gasteiger partial charge in [0.25, 0.3) is 0 Å². The van der Waals surface area contributed by atoms with E-state index in [4.69, 9.17) is 9.67 Å². The number of aromatic nitrogens is 1. The maximum atomic E-state index is 12.4. The lowest BCUT2D eigenvalue weighted by atomic mass is 9.98.